The Bertz CT molecular complexity index is 968. The third-order valence-electron chi connectivity index (χ3n) is 4.91. The molecular weight excluding hydrogens is 342 g/mol. The van der Waals surface area contributed by atoms with Gasteiger partial charge >= 0.3 is 5.97 Å². The summed E-state index contributed by atoms with van der Waals surface area (Å²) in [5.41, 5.74) is 2.92. The Hall–Kier alpha value is -3.06. The molecule has 7 heteroatoms. The van der Waals surface area contributed by atoms with E-state index in [1.165, 1.54) is 0 Å². The molecule has 0 bridgehead atoms. The van der Waals surface area contributed by atoms with Crippen LogP contribution in [-0.2, 0) is 6.54 Å². The quantitative estimate of drug-likeness (QED) is 0.750. The smallest absolute Gasteiger partial charge is 0.337 e. The molecule has 2 aromatic heterocycles. The van der Waals surface area contributed by atoms with Gasteiger partial charge in [-0.1, -0.05) is 12.1 Å². The van der Waals surface area contributed by atoms with Crippen LogP contribution in [-0.4, -0.2) is 42.3 Å². The predicted molar refractivity (Wildman–Crippen MR) is 99.7 cm³/mol. The fourth-order valence-corrected chi connectivity index (χ4v) is 3.67. The van der Waals surface area contributed by atoms with Crippen molar-refractivity contribution in [1.29, 1.82) is 0 Å². The summed E-state index contributed by atoms with van der Waals surface area (Å²) in [5, 5.41) is 13.8. The zero-order valence-electron chi connectivity index (χ0n) is 15.1. The highest BCUT2D eigenvalue weighted by atomic mass is 16.4. The molecule has 0 spiro atoms. The normalized spacial score (nSPS) is 17.3. The molecule has 0 amide bonds. The number of aromatic nitrogens is 4. The van der Waals surface area contributed by atoms with Crippen LogP contribution >= 0.6 is 0 Å². The number of carboxylic acids is 1. The molecule has 138 valence electrons. The first-order chi connectivity index (χ1) is 13.1. The zero-order valence-corrected chi connectivity index (χ0v) is 15.1. The lowest BCUT2D eigenvalue weighted by molar-refractivity contribution is 0.0696. The molecule has 1 N–H and O–H groups in total. The molecule has 3 heterocycles. The molecule has 1 unspecified atom stereocenters. The van der Waals surface area contributed by atoms with Crippen molar-refractivity contribution in [3.05, 3.63) is 71.6 Å². The highest BCUT2D eigenvalue weighted by molar-refractivity contribution is 5.91. The number of benzene rings is 1. The first kappa shape index (κ1) is 17.4. The number of hydrogen-bond donors (Lipinski definition) is 1. The number of rotatable bonds is 5. The Balaban J connectivity index is 1.55. The van der Waals surface area contributed by atoms with E-state index in [0.29, 0.717) is 5.69 Å². The molecule has 1 aliphatic heterocycles. The van der Waals surface area contributed by atoms with Gasteiger partial charge in [-0.2, -0.15) is 5.10 Å². The highest BCUT2D eigenvalue weighted by Crippen LogP contribution is 2.32. The minimum atomic E-state index is -0.957. The third kappa shape index (κ3) is 3.59. The SMILES string of the molecule is Cc1nccc(C2CCCN2Cc2cnn(-c3ccccc3C(=O)O)c2)n1. The van der Waals surface area contributed by atoms with Gasteiger partial charge in [0.05, 0.1) is 29.2 Å². The number of aromatic carboxylic acids is 1. The molecule has 3 aromatic rings. The molecule has 1 atom stereocenters. The molecule has 1 aliphatic rings. The van der Waals surface area contributed by atoms with Crippen molar-refractivity contribution in [2.45, 2.75) is 32.4 Å². The average Bonchev–Trinajstić information content (AvgIpc) is 3.32. The molecule has 27 heavy (non-hydrogen) atoms. The van der Waals surface area contributed by atoms with Crippen molar-refractivity contribution >= 4 is 5.97 Å². The maximum Gasteiger partial charge on any atom is 0.337 e. The lowest BCUT2D eigenvalue weighted by Crippen LogP contribution is -2.23. The van der Waals surface area contributed by atoms with Crippen LogP contribution in [0.25, 0.3) is 5.69 Å². The first-order valence-electron chi connectivity index (χ1n) is 9.01. The van der Waals surface area contributed by atoms with Crippen LogP contribution in [0.2, 0.25) is 0 Å². The Labute approximate surface area is 157 Å². The summed E-state index contributed by atoms with van der Waals surface area (Å²) in [6.45, 7) is 3.67. The molecule has 0 aliphatic carbocycles. The van der Waals surface area contributed by atoms with E-state index in [4.69, 9.17) is 0 Å². The van der Waals surface area contributed by atoms with E-state index in [0.717, 1.165) is 43.0 Å². The summed E-state index contributed by atoms with van der Waals surface area (Å²) in [5.74, 6) is -0.168. The molecule has 4 rings (SSSR count). The predicted octanol–water partition coefficient (Wildman–Crippen LogP) is 3.01. The maximum atomic E-state index is 11.4. The van der Waals surface area contributed by atoms with Gasteiger partial charge in [0.15, 0.2) is 0 Å². The molecule has 1 fully saturated rings. The lowest BCUT2D eigenvalue weighted by atomic mass is 10.1. The Kier molecular flexibility index (Phi) is 4.68. The lowest BCUT2D eigenvalue weighted by Gasteiger charge is -2.23. The van der Waals surface area contributed by atoms with Gasteiger partial charge in [-0.15, -0.1) is 0 Å². The molecule has 1 aromatic carbocycles. The van der Waals surface area contributed by atoms with E-state index in [1.54, 1.807) is 29.1 Å². The van der Waals surface area contributed by atoms with Gasteiger partial charge in [0.25, 0.3) is 0 Å². The minimum absolute atomic E-state index is 0.239. The van der Waals surface area contributed by atoms with E-state index in [-0.39, 0.29) is 11.6 Å². The Morgan fingerprint density at radius 1 is 1.30 bits per heavy atom. The number of likely N-dealkylation sites (tertiary alicyclic amines) is 1. The second-order valence-corrected chi connectivity index (χ2v) is 6.77. The van der Waals surface area contributed by atoms with Gasteiger partial charge in [0.2, 0.25) is 0 Å². The average molecular weight is 363 g/mol. The summed E-state index contributed by atoms with van der Waals surface area (Å²) < 4.78 is 1.64. The summed E-state index contributed by atoms with van der Waals surface area (Å²) in [4.78, 5) is 22.6. The number of para-hydroxylation sites is 1. The van der Waals surface area contributed by atoms with E-state index >= 15 is 0 Å². The van der Waals surface area contributed by atoms with Gasteiger partial charge in [-0.3, -0.25) is 4.90 Å². The molecule has 0 saturated carbocycles. The molecule has 7 nitrogen and oxygen atoms in total. The van der Waals surface area contributed by atoms with Gasteiger partial charge < -0.3 is 5.11 Å². The summed E-state index contributed by atoms with van der Waals surface area (Å²) >= 11 is 0. The standard InChI is InChI=1S/C20H21N5O2/c1-14-21-9-8-17(23-14)19-7-4-10-24(19)12-15-11-22-25(13-15)18-6-3-2-5-16(18)20(26)27/h2-3,5-6,8-9,11,13,19H,4,7,10,12H2,1H3,(H,26,27). The Morgan fingerprint density at radius 2 is 2.15 bits per heavy atom. The van der Waals surface area contributed by atoms with Crippen molar-refractivity contribution in [3.8, 4) is 5.69 Å². The number of carbonyl (C=O) groups is 1. The third-order valence-corrected chi connectivity index (χ3v) is 4.91. The Morgan fingerprint density at radius 3 is 2.96 bits per heavy atom. The van der Waals surface area contributed by atoms with Gasteiger partial charge in [0.1, 0.15) is 5.82 Å². The maximum absolute atomic E-state index is 11.4. The van der Waals surface area contributed by atoms with Crippen molar-refractivity contribution in [3.63, 3.8) is 0 Å². The fourth-order valence-electron chi connectivity index (χ4n) is 3.67. The van der Waals surface area contributed by atoms with Crippen LogP contribution in [0.15, 0.2) is 48.9 Å². The van der Waals surface area contributed by atoms with Crippen molar-refractivity contribution in [2.24, 2.45) is 0 Å². The van der Waals surface area contributed by atoms with Crippen LogP contribution in [0, 0.1) is 6.92 Å². The topological polar surface area (TPSA) is 84.1 Å². The van der Waals surface area contributed by atoms with E-state index < -0.39 is 5.97 Å². The van der Waals surface area contributed by atoms with Gasteiger partial charge in [0, 0.05) is 24.5 Å². The summed E-state index contributed by atoms with van der Waals surface area (Å²) in [6.07, 6.45) is 7.73. The first-order valence-corrected chi connectivity index (χ1v) is 9.01. The second-order valence-electron chi connectivity index (χ2n) is 6.77. The summed E-state index contributed by atoms with van der Waals surface area (Å²) in [6, 6.07) is 9.16. The largest absolute Gasteiger partial charge is 0.478 e. The fraction of sp³-hybridized carbons (Fsp3) is 0.300. The van der Waals surface area contributed by atoms with E-state index in [9.17, 15) is 9.90 Å². The van der Waals surface area contributed by atoms with Crippen molar-refractivity contribution < 1.29 is 9.90 Å². The van der Waals surface area contributed by atoms with Crippen LogP contribution in [0.5, 0.6) is 0 Å². The number of aryl methyl sites for hydroxylation is 1. The van der Waals surface area contributed by atoms with Crippen LogP contribution in [0.4, 0.5) is 0 Å². The van der Waals surface area contributed by atoms with E-state index in [2.05, 4.69) is 20.0 Å². The van der Waals surface area contributed by atoms with Crippen molar-refractivity contribution in [2.75, 3.05) is 6.54 Å². The van der Waals surface area contributed by atoms with Gasteiger partial charge in [-0.25, -0.2) is 19.4 Å². The minimum Gasteiger partial charge on any atom is -0.478 e. The molecular formula is C20H21N5O2. The highest BCUT2D eigenvalue weighted by Gasteiger charge is 2.27. The van der Waals surface area contributed by atoms with Crippen LogP contribution in [0.1, 0.15) is 46.3 Å². The molecule has 1 saturated heterocycles. The number of nitrogens with zero attached hydrogens (tertiary/aromatic N) is 5. The molecule has 0 radical (unpaired) electrons. The van der Waals surface area contributed by atoms with Crippen molar-refractivity contribution in [1.82, 2.24) is 24.6 Å². The number of hydrogen-bond acceptors (Lipinski definition) is 5. The van der Waals surface area contributed by atoms with Crippen LogP contribution in [0.3, 0.4) is 0 Å². The monoisotopic (exact) mass is 363 g/mol. The summed E-state index contributed by atoms with van der Waals surface area (Å²) in [7, 11) is 0. The second kappa shape index (κ2) is 7.28. The number of carboxylic acid groups (broad SMARTS) is 1. The zero-order chi connectivity index (χ0) is 18.8. The van der Waals surface area contributed by atoms with Crippen LogP contribution < -0.4 is 0 Å². The van der Waals surface area contributed by atoms with Gasteiger partial charge in [-0.05, 0) is 44.5 Å². The van der Waals surface area contributed by atoms with E-state index in [1.807, 2.05) is 31.5 Å².